The normalized spacial score (nSPS) is 18.8. The monoisotopic (exact) mass is 241 g/mol. The maximum absolute atomic E-state index is 11.9. The fourth-order valence-corrected chi connectivity index (χ4v) is 2.09. The summed E-state index contributed by atoms with van der Waals surface area (Å²) in [6, 6.07) is -0.549. The molecule has 0 spiro atoms. The van der Waals surface area contributed by atoms with Crippen LogP contribution in [0.2, 0.25) is 0 Å². The lowest BCUT2D eigenvalue weighted by atomic mass is 9.88. The SMILES string of the molecule is CC(C)OC(=O)C(C)NC(=O)C1CCCCC1. The number of carbonyl (C=O) groups is 2. The molecular formula is C13H23NO3. The minimum Gasteiger partial charge on any atom is -0.461 e. The zero-order chi connectivity index (χ0) is 12.8. The van der Waals surface area contributed by atoms with Gasteiger partial charge in [-0.2, -0.15) is 0 Å². The Morgan fingerprint density at radius 2 is 1.71 bits per heavy atom. The van der Waals surface area contributed by atoms with E-state index in [9.17, 15) is 9.59 Å². The number of rotatable bonds is 4. The van der Waals surface area contributed by atoms with Crippen LogP contribution >= 0.6 is 0 Å². The van der Waals surface area contributed by atoms with E-state index >= 15 is 0 Å². The molecule has 1 aliphatic carbocycles. The predicted octanol–water partition coefficient (Wildman–Crippen LogP) is 2.02. The lowest BCUT2D eigenvalue weighted by Gasteiger charge is -2.23. The Kier molecular flexibility index (Phi) is 5.45. The fourth-order valence-electron chi connectivity index (χ4n) is 2.09. The highest BCUT2D eigenvalue weighted by atomic mass is 16.5. The van der Waals surface area contributed by atoms with Gasteiger partial charge in [0.05, 0.1) is 6.10 Å². The molecular weight excluding hydrogens is 218 g/mol. The van der Waals surface area contributed by atoms with Gasteiger partial charge in [0.1, 0.15) is 6.04 Å². The van der Waals surface area contributed by atoms with Crippen LogP contribution in [-0.2, 0) is 14.3 Å². The van der Waals surface area contributed by atoms with E-state index in [4.69, 9.17) is 4.74 Å². The zero-order valence-electron chi connectivity index (χ0n) is 11.0. The van der Waals surface area contributed by atoms with E-state index < -0.39 is 6.04 Å². The molecule has 1 aliphatic rings. The molecule has 1 N–H and O–H groups in total. The van der Waals surface area contributed by atoms with Crippen molar-refractivity contribution in [1.82, 2.24) is 5.32 Å². The molecule has 1 atom stereocenters. The van der Waals surface area contributed by atoms with Crippen molar-refractivity contribution in [3.8, 4) is 0 Å². The Hall–Kier alpha value is -1.06. The van der Waals surface area contributed by atoms with Gasteiger partial charge in [0.25, 0.3) is 0 Å². The number of amides is 1. The maximum Gasteiger partial charge on any atom is 0.328 e. The minimum atomic E-state index is -0.549. The average Bonchev–Trinajstić information content (AvgIpc) is 2.29. The van der Waals surface area contributed by atoms with Gasteiger partial charge in [-0.25, -0.2) is 4.79 Å². The quantitative estimate of drug-likeness (QED) is 0.766. The second-order valence-electron chi connectivity index (χ2n) is 5.05. The highest BCUT2D eigenvalue weighted by Crippen LogP contribution is 2.23. The third-order valence-electron chi connectivity index (χ3n) is 3.04. The molecule has 4 nitrogen and oxygen atoms in total. The van der Waals surface area contributed by atoms with Crippen LogP contribution in [0.15, 0.2) is 0 Å². The molecule has 0 bridgehead atoms. The molecule has 1 unspecified atom stereocenters. The molecule has 0 heterocycles. The molecule has 4 heteroatoms. The van der Waals surface area contributed by atoms with Crippen LogP contribution in [0.5, 0.6) is 0 Å². The molecule has 0 aromatic rings. The van der Waals surface area contributed by atoms with Gasteiger partial charge in [-0.1, -0.05) is 19.3 Å². The second-order valence-corrected chi connectivity index (χ2v) is 5.05. The van der Waals surface area contributed by atoms with Gasteiger partial charge in [-0.05, 0) is 33.6 Å². The third kappa shape index (κ3) is 4.75. The first-order valence-electron chi connectivity index (χ1n) is 6.51. The summed E-state index contributed by atoms with van der Waals surface area (Å²) in [5.74, 6) is -0.278. The highest BCUT2D eigenvalue weighted by molar-refractivity contribution is 5.85. The summed E-state index contributed by atoms with van der Waals surface area (Å²) in [7, 11) is 0. The van der Waals surface area contributed by atoms with E-state index in [-0.39, 0.29) is 23.9 Å². The molecule has 1 saturated carbocycles. The van der Waals surface area contributed by atoms with Crippen molar-refractivity contribution in [2.45, 2.75) is 65.0 Å². The number of hydrogen-bond acceptors (Lipinski definition) is 3. The van der Waals surface area contributed by atoms with Gasteiger partial charge in [-0.15, -0.1) is 0 Å². The third-order valence-corrected chi connectivity index (χ3v) is 3.04. The van der Waals surface area contributed by atoms with E-state index in [0.29, 0.717) is 0 Å². The molecule has 1 amide bonds. The van der Waals surface area contributed by atoms with Crippen molar-refractivity contribution in [3.05, 3.63) is 0 Å². The fraction of sp³-hybridized carbons (Fsp3) is 0.846. The smallest absolute Gasteiger partial charge is 0.328 e. The van der Waals surface area contributed by atoms with Crippen LogP contribution < -0.4 is 5.32 Å². The van der Waals surface area contributed by atoms with E-state index in [1.807, 2.05) is 0 Å². The summed E-state index contributed by atoms with van der Waals surface area (Å²) in [5, 5.41) is 2.74. The molecule has 0 aromatic heterocycles. The van der Waals surface area contributed by atoms with Gasteiger partial charge >= 0.3 is 5.97 Å². The molecule has 0 aromatic carbocycles. The highest BCUT2D eigenvalue weighted by Gasteiger charge is 2.25. The molecule has 0 saturated heterocycles. The molecule has 1 fully saturated rings. The van der Waals surface area contributed by atoms with E-state index in [1.54, 1.807) is 20.8 Å². The van der Waals surface area contributed by atoms with E-state index in [0.717, 1.165) is 25.7 Å². The van der Waals surface area contributed by atoms with Crippen molar-refractivity contribution in [2.75, 3.05) is 0 Å². The molecule has 0 aliphatic heterocycles. The summed E-state index contributed by atoms with van der Waals surface area (Å²) in [6.07, 6.45) is 5.19. The standard InChI is InChI=1S/C13H23NO3/c1-9(2)17-13(16)10(3)14-12(15)11-7-5-4-6-8-11/h9-11H,4-8H2,1-3H3,(H,14,15). The average molecular weight is 241 g/mol. The van der Waals surface area contributed by atoms with Crippen molar-refractivity contribution in [3.63, 3.8) is 0 Å². The number of carbonyl (C=O) groups excluding carboxylic acids is 2. The first-order valence-corrected chi connectivity index (χ1v) is 6.51. The predicted molar refractivity (Wildman–Crippen MR) is 65.4 cm³/mol. The van der Waals surface area contributed by atoms with Crippen molar-refractivity contribution >= 4 is 11.9 Å². The molecule has 98 valence electrons. The lowest BCUT2D eigenvalue weighted by molar-refractivity contribution is -0.151. The van der Waals surface area contributed by atoms with Crippen LogP contribution in [0, 0.1) is 5.92 Å². The van der Waals surface area contributed by atoms with Gasteiger partial charge in [-0.3, -0.25) is 4.79 Å². The Labute approximate surface area is 103 Å². The molecule has 0 radical (unpaired) electrons. The first kappa shape index (κ1) is 14.0. The number of esters is 1. The minimum absolute atomic E-state index is 0.00194. The van der Waals surface area contributed by atoms with Crippen molar-refractivity contribution in [2.24, 2.45) is 5.92 Å². The lowest BCUT2D eigenvalue weighted by Crippen LogP contribution is -2.43. The first-order chi connectivity index (χ1) is 8.00. The number of ether oxygens (including phenoxy) is 1. The molecule has 1 rings (SSSR count). The van der Waals surface area contributed by atoms with Gasteiger partial charge in [0, 0.05) is 5.92 Å². The van der Waals surface area contributed by atoms with E-state index in [1.165, 1.54) is 6.42 Å². The number of nitrogens with one attached hydrogen (secondary N) is 1. The number of hydrogen-bond donors (Lipinski definition) is 1. The topological polar surface area (TPSA) is 55.4 Å². The summed E-state index contributed by atoms with van der Waals surface area (Å²) >= 11 is 0. The van der Waals surface area contributed by atoms with Gasteiger partial charge in [0.2, 0.25) is 5.91 Å². The van der Waals surface area contributed by atoms with E-state index in [2.05, 4.69) is 5.32 Å². The van der Waals surface area contributed by atoms with Crippen molar-refractivity contribution < 1.29 is 14.3 Å². The van der Waals surface area contributed by atoms with Crippen LogP contribution in [0.4, 0.5) is 0 Å². The van der Waals surface area contributed by atoms with Crippen LogP contribution in [0.25, 0.3) is 0 Å². The van der Waals surface area contributed by atoms with Gasteiger partial charge < -0.3 is 10.1 Å². The molecule has 17 heavy (non-hydrogen) atoms. The summed E-state index contributed by atoms with van der Waals surface area (Å²) in [4.78, 5) is 23.4. The zero-order valence-corrected chi connectivity index (χ0v) is 11.0. The summed E-state index contributed by atoms with van der Waals surface area (Å²) in [6.45, 7) is 5.27. The van der Waals surface area contributed by atoms with Gasteiger partial charge in [0.15, 0.2) is 0 Å². The summed E-state index contributed by atoms with van der Waals surface area (Å²) in [5.41, 5.74) is 0. The Morgan fingerprint density at radius 1 is 1.12 bits per heavy atom. The second kappa shape index (κ2) is 6.62. The summed E-state index contributed by atoms with van der Waals surface area (Å²) < 4.78 is 5.05. The maximum atomic E-state index is 11.9. The Balaban J connectivity index is 2.36. The van der Waals surface area contributed by atoms with Crippen molar-refractivity contribution in [1.29, 1.82) is 0 Å². The van der Waals surface area contributed by atoms with Crippen LogP contribution in [-0.4, -0.2) is 24.0 Å². The largest absolute Gasteiger partial charge is 0.461 e. The van der Waals surface area contributed by atoms with Crippen LogP contribution in [0.1, 0.15) is 52.9 Å². The Morgan fingerprint density at radius 3 is 2.24 bits per heavy atom. The Bertz CT molecular complexity index is 270. The van der Waals surface area contributed by atoms with Crippen LogP contribution in [0.3, 0.4) is 0 Å².